The zero-order valence-corrected chi connectivity index (χ0v) is 33.3. The molecule has 346 valence electrons. The van der Waals surface area contributed by atoms with Crippen LogP contribution < -0.4 is 0 Å². The Morgan fingerprint density at radius 1 is 0.615 bits per heavy atom. The molecule has 6 rings (SSSR count). The van der Waals surface area contributed by atoms with Crippen LogP contribution in [0.15, 0.2) is 107 Å². The molecule has 22 heteroatoms. The summed E-state index contributed by atoms with van der Waals surface area (Å²) in [6, 6.07) is 10.4. The van der Waals surface area contributed by atoms with Gasteiger partial charge in [0.05, 0.1) is 24.4 Å². The third-order valence-corrected chi connectivity index (χ3v) is 10.5. The molecule has 13 N–H and O–H groups in total. The number of carbonyl (C=O) groups is 5. The van der Waals surface area contributed by atoms with E-state index < -0.39 is 143 Å². The van der Waals surface area contributed by atoms with Crippen molar-refractivity contribution in [3.05, 3.63) is 118 Å². The van der Waals surface area contributed by atoms with Crippen LogP contribution in [-0.4, -0.2) is 182 Å². The van der Waals surface area contributed by atoms with Gasteiger partial charge in [0.2, 0.25) is 17.4 Å². The molecule has 22 nitrogen and oxygen atoms in total. The topological polar surface area (TPSA) is 385 Å². The lowest BCUT2D eigenvalue weighted by Gasteiger charge is -2.42. The number of aliphatic hydroxyl groups excluding tert-OH is 9. The summed E-state index contributed by atoms with van der Waals surface area (Å²) >= 11 is 0. The van der Waals surface area contributed by atoms with Gasteiger partial charge in [-0.2, -0.15) is 0 Å². The number of hydrogen-bond acceptors (Lipinski definition) is 22. The number of rotatable bonds is 13. The Morgan fingerprint density at radius 3 is 1.55 bits per heavy atom. The van der Waals surface area contributed by atoms with Crippen LogP contribution in [0.3, 0.4) is 0 Å². The number of phenolic OH excluding ortho intramolecular Hbond substituents is 2. The van der Waals surface area contributed by atoms with E-state index in [0.29, 0.717) is 29.9 Å². The van der Waals surface area contributed by atoms with Crippen LogP contribution in [0, 0.1) is 0 Å². The summed E-state index contributed by atoms with van der Waals surface area (Å²) in [4.78, 5) is 70.0. The number of ketones is 5. The number of aliphatic hydroxyl groups is 11. The van der Waals surface area contributed by atoms with Crippen LogP contribution in [0.25, 0.3) is 12.2 Å². The number of phenols is 2. The van der Waals surface area contributed by atoms with Crippen LogP contribution in [0.5, 0.6) is 11.5 Å². The standard InChI is InChI=1S/C43H42O22/c44-16-27-32(52)34(54)36(56)40(62-27)64-42(60)14-20(30(50)24(15-42)25(48)11-5-18-1-7-21(46)8-2-18)13-23-31(51)29(26(49)12-6-19-3-9-22(47)10-4-19)39(59)43(61,38(23)58)65-41-37(57)35(55)33(53)28(17-45)63-41/h1-15,27-28,32-37,40-41,44-47,52-57,59-61H,16-17H2/b11-5+,12-6+,23-13-/t27-,28-,32-,33-,34+,35+,36-,37-,40?,41?,42?,43?/m1/s1. The largest absolute Gasteiger partial charge is 0.508 e. The number of benzene rings is 2. The number of hydrogen-bond donors (Lipinski definition) is 13. The molecule has 65 heavy (non-hydrogen) atoms. The van der Waals surface area contributed by atoms with Gasteiger partial charge in [-0.05, 0) is 65.8 Å². The molecule has 0 saturated carbocycles. The first-order valence-corrected chi connectivity index (χ1v) is 19.3. The molecule has 0 spiro atoms. The minimum atomic E-state index is -3.95. The fourth-order valence-electron chi connectivity index (χ4n) is 6.92. The van der Waals surface area contributed by atoms with Crippen molar-refractivity contribution in [2.45, 2.75) is 73.0 Å². The lowest BCUT2D eigenvalue weighted by molar-refractivity contribution is -0.347. The van der Waals surface area contributed by atoms with Gasteiger partial charge in [0.25, 0.3) is 5.79 Å². The molecule has 2 saturated heterocycles. The van der Waals surface area contributed by atoms with Crippen molar-refractivity contribution in [1.82, 2.24) is 0 Å². The van der Waals surface area contributed by atoms with Crippen molar-refractivity contribution in [1.29, 1.82) is 0 Å². The van der Waals surface area contributed by atoms with Crippen LogP contribution >= 0.6 is 0 Å². The van der Waals surface area contributed by atoms with E-state index in [0.717, 1.165) is 12.2 Å². The molecular formula is C43H42O22. The van der Waals surface area contributed by atoms with Gasteiger partial charge in [0.15, 0.2) is 35.7 Å². The van der Waals surface area contributed by atoms with Crippen LogP contribution in [-0.2, 0) is 42.9 Å². The van der Waals surface area contributed by atoms with Gasteiger partial charge in [-0.15, -0.1) is 0 Å². The van der Waals surface area contributed by atoms with E-state index in [1.807, 2.05) is 0 Å². The Kier molecular flexibility index (Phi) is 14.4. The molecule has 12 atom stereocenters. The van der Waals surface area contributed by atoms with E-state index in [9.17, 15) is 90.4 Å². The van der Waals surface area contributed by atoms with Gasteiger partial charge in [-0.25, -0.2) is 0 Å². The predicted molar refractivity (Wildman–Crippen MR) is 213 cm³/mol. The molecule has 2 fully saturated rings. The molecule has 2 aliphatic carbocycles. The fraction of sp³-hybridized carbons (Fsp3) is 0.326. The lowest BCUT2D eigenvalue weighted by Crippen LogP contribution is -2.62. The first kappa shape index (κ1) is 48.5. The highest BCUT2D eigenvalue weighted by molar-refractivity contribution is 6.41. The summed E-state index contributed by atoms with van der Waals surface area (Å²) in [5.41, 5.74) is -4.26. The molecular weight excluding hydrogens is 868 g/mol. The first-order valence-electron chi connectivity index (χ1n) is 19.3. The van der Waals surface area contributed by atoms with Crippen LogP contribution in [0.1, 0.15) is 11.1 Å². The summed E-state index contributed by atoms with van der Waals surface area (Å²) in [6.45, 7) is -2.00. The Balaban J connectivity index is 1.47. The number of allylic oxidation sites excluding steroid dienone is 6. The average Bonchev–Trinajstić information content (AvgIpc) is 3.28. The summed E-state index contributed by atoms with van der Waals surface area (Å²) in [7, 11) is 0. The molecule has 2 aromatic rings. The Bertz CT molecular complexity index is 2390. The molecule has 0 bridgehead atoms. The zero-order valence-electron chi connectivity index (χ0n) is 33.3. The van der Waals surface area contributed by atoms with Crippen LogP contribution in [0.4, 0.5) is 0 Å². The van der Waals surface area contributed by atoms with E-state index in [-0.39, 0.29) is 17.1 Å². The van der Waals surface area contributed by atoms with Crippen molar-refractivity contribution in [3.63, 3.8) is 0 Å². The number of ether oxygens (including phenoxy) is 4. The summed E-state index contributed by atoms with van der Waals surface area (Å²) in [5, 5.41) is 136. The quantitative estimate of drug-likeness (QED) is 0.0522. The van der Waals surface area contributed by atoms with Gasteiger partial charge in [0.1, 0.15) is 65.9 Å². The van der Waals surface area contributed by atoms with Gasteiger partial charge in [-0.1, -0.05) is 36.4 Å². The van der Waals surface area contributed by atoms with E-state index in [4.69, 9.17) is 18.9 Å². The Morgan fingerprint density at radius 2 is 1.08 bits per heavy atom. The number of Topliss-reactive ketones (excluding diaryl/α,β-unsaturated/α-hetero) is 3. The van der Waals surface area contributed by atoms with Crippen molar-refractivity contribution in [2.24, 2.45) is 0 Å². The monoisotopic (exact) mass is 910 g/mol. The summed E-state index contributed by atoms with van der Waals surface area (Å²) in [6.07, 6.45) is -15.6. The minimum Gasteiger partial charge on any atom is -0.508 e. The highest BCUT2D eigenvalue weighted by Crippen LogP contribution is 2.38. The van der Waals surface area contributed by atoms with Gasteiger partial charge >= 0.3 is 0 Å². The molecule has 4 aliphatic rings. The smallest absolute Gasteiger partial charge is 0.294 e. The average molecular weight is 911 g/mol. The van der Waals surface area contributed by atoms with E-state index in [1.54, 1.807) is 0 Å². The van der Waals surface area contributed by atoms with E-state index >= 15 is 0 Å². The van der Waals surface area contributed by atoms with Crippen molar-refractivity contribution in [2.75, 3.05) is 13.2 Å². The molecule has 4 unspecified atom stereocenters. The second-order valence-electron chi connectivity index (χ2n) is 15.0. The molecule has 0 amide bonds. The molecule has 0 aromatic heterocycles. The van der Waals surface area contributed by atoms with E-state index in [2.05, 4.69) is 0 Å². The van der Waals surface area contributed by atoms with Crippen LogP contribution in [0.2, 0.25) is 0 Å². The molecule has 2 aromatic carbocycles. The fourth-order valence-corrected chi connectivity index (χ4v) is 6.92. The third-order valence-electron chi connectivity index (χ3n) is 10.5. The van der Waals surface area contributed by atoms with Gasteiger partial charge in [0, 0.05) is 5.57 Å². The lowest BCUT2D eigenvalue weighted by atomic mass is 9.81. The summed E-state index contributed by atoms with van der Waals surface area (Å²) < 4.78 is 21.3. The normalized spacial score (nSPS) is 34.1. The van der Waals surface area contributed by atoms with Gasteiger partial charge < -0.3 is 85.3 Å². The SMILES string of the molecule is O=C(/C=C/c1ccc(O)cc1)C1=CC(O)(OC2O[C@H](CO)[C@@H](O)[C@H](O)[C@H]2O)C=C(/C=C2/C(=O)C(C(=O)/C=C/c3ccc(O)cc3)=C(O)C(O)(OC3O[C@H](CO)[C@@H](O)[C@H](O)[C@H]3O)C2=O)C1=O. The van der Waals surface area contributed by atoms with Crippen molar-refractivity contribution < 1.29 is 109 Å². The maximum absolute atomic E-state index is 14.3. The molecule has 2 heterocycles. The summed E-state index contributed by atoms with van der Waals surface area (Å²) in [5.74, 6) is -16.9. The zero-order chi connectivity index (χ0) is 47.7. The van der Waals surface area contributed by atoms with Crippen molar-refractivity contribution >= 4 is 41.1 Å². The third kappa shape index (κ3) is 9.86. The second kappa shape index (κ2) is 19.3. The minimum absolute atomic E-state index is 0.129. The predicted octanol–water partition coefficient (Wildman–Crippen LogP) is -3.70. The number of carbonyl (C=O) groups excluding carboxylic acids is 5. The first-order chi connectivity index (χ1) is 30.6. The maximum Gasteiger partial charge on any atom is 0.294 e. The molecule has 2 aliphatic heterocycles. The second-order valence-corrected chi connectivity index (χ2v) is 15.0. The highest BCUT2D eigenvalue weighted by Gasteiger charge is 2.58. The highest BCUT2D eigenvalue weighted by atomic mass is 16.8. The Labute approximate surface area is 365 Å². The molecule has 0 radical (unpaired) electrons. The van der Waals surface area contributed by atoms with Crippen molar-refractivity contribution in [3.8, 4) is 11.5 Å². The van der Waals surface area contributed by atoms with E-state index in [1.165, 1.54) is 54.6 Å². The Hall–Kier alpha value is -5.93. The van der Waals surface area contributed by atoms with Gasteiger partial charge in [-0.3, -0.25) is 24.0 Å². The maximum atomic E-state index is 14.3. The number of aromatic hydroxyl groups is 2.